The number of aliphatic hydroxyl groups excluding tert-OH is 1. The molecule has 1 N–H and O–H groups in total. The molecule has 6 heteroatoms. The van der Waals surface area contributed by atoms with E-state index in [0.29, 0.717) is 11.0 Å². The van der Waals surface area contributed by atoms with Crippen molar-refractivity contribution in [2.75, 3.05) is 0 Å². The van der Waals surface area contributed by atoms with Crippen molar-refractivity contribution in [2.45, 2.75) is 43.2 Å². The fourth-order valence-electron chi connectivity index (χ4n) is 2.76. The van der Waals surface area contributed by atoms with Gasteiger partial charge in [0.1, 0.15) is 6.61 Å². The van der Waals surface area contributed by atoms with Gasteiger partial charge in [-0.1, -0.05) is 23.9 Å². The molecule has 1 aromatic carbocycles. The lowest BCUT2D eigenvalue weighted by Gasteiger charge is -2.11. The normalized spacial score (nSPS) is 14.9. The summed E-state index contributed by atoms with van der Waals surface area (Å²) in [5.41, 5.74) is 3.45. The highest BCUT2D eigenvalue weighted by molar-refractivity contribution is 8.00. The van der Waals surface area contributed by atoms with E-state index in [0.717, 1.165) is 18.4 Å². The van der Waals surface area contributed by atoms with Gasteiger partial charge in [-0.2, -0.15) is 0 Å². The number of rotatable bonds is 5. The zero-order chi connectivity index (χ0) is 15.7. The molecule has 0 fully saturated rings. The van der Waals surface area contributed by atoms with Crippen molar-refractivity contribution in [3.8, 4) is 0 Å². The third-order valence-electron chi connectivity index (χ3n) is 4.10. The van der Waals surface area contributed by atoms with Crippen LogP contribution in [0.15, 0.2) is 23.4 Å². The van der Waals surface area contributed by atoms with E-state index in [1.54, 1.807) is 11.6 Å². The van der Waals surface area contributed by atoms with Crippen LogP contribution in [-0.2, 0) is 26.5 Å². The molecule has 0 saturated carbocycles. The second kappa shape index (κ2) is 6.22. The summed E-state index contributed by atoms with van der Waals surface area (Å²) in [6, 6.07) is 6.05. The minimum absolute atomic E-state index is 0.105. The molecule has 116 valence electrons. The Morgan fingerprint density at radius 3 is 2.86 bits per heavy atom. The minimum atomic E-state index is -0.242. The molecule has 0 aliphatic heterocycles. The smallest absolute Gasteiger partial charge is 0.191 e. The van der Waals surface area contributed by atoms with Gasteiger partial charge in [0.05, 0.1) is 5.25 Å². The third kappa shape index (κ3) is 2.80. The van der Waals surface area contributed by atoms with E-state index >= 15 is 0 Å². The number of ketones is 1. The molecular weight excluding hydrogens is 298 g/mol. The van der Waals surface area contributed by atoms with E-state index in [1.807, 2.05) is 19.1 Å². The molecule has 0 bridgehead atoms. The molecule has 1 heterocycles. The Hall–Kier alpha value is -1.66. The van der Waals surface area contributed by atoms with E-state index in [2.05, 4.69) is 16.3 Å². The van der Waals surface area contributed by atoms with Gasteiger partial charge in [0.25, 0.3) is 0 Å². The van der Waals surface area contributed by atoms with Gasteiger partial charge in [-0.25, -0.2) is 0 Å². The average molecular weight is 317 g/mol. The molecule has 1 aliphatic rings. The first-order valence-corrected chi connectivity index (χ1v) is 8.30. The second-order valence-corrected chi connectivity index (χ2v) is 6.89. The van der Waals surface area contributed by atoms with Crippen molar-refractivity contribution in [1.82, 2.24) is 14.8 Å². The first-order valence-electron chi connectivity index (χ1n) is 7.42. The second-order valence-electron chi connectivity index (χ2n) is 5.58. The number of Topliss-reactive ketones (excluding diaryl/α,β-unsaturated/α-hetero) is 1. The summed E-state index contributed by atoms with van der Waals surface area (Å²) in [6.07, 6.45) is 3.37. The van der Waals surface area contributed by atoms with Crippen LogP contribution in [0.3, 0.4) is 0 Å². The number of carbonyl (C=O) groups is 1. The minimum Gasteiger partial charge on any atom is -0.388 e. The van der Waals surface area contributed by atoms with Crippen LogP contribution in [0, 0.1) is 0 Å². The Bertz CT molecular complexity index is 711. The lowest BCUT2D eigenvalue weighted by Crippen LogP contribution is -2.15. The quantitative estimate of drug-likeness (QED) is 0.676. The number of fused-ring (bicyclic) bond motifs is 1. The van der Waals surface area contributed by atoms with E-state index in [4.69, 9.17) is 5.11 Å². The topological polar surface area (TPSA) is 68.0 Å². The van der Waals surface area contributed by atoms with Crippen LogP contribution in [0.1, 0.15) is 40.7 Å². The largest absolute Gasteiger partial charge is 0.388 e. The molecule has 0 radical (unpaired) electrons. The predicted molar refractivity (Wildman–Crippen MR) is 85.0 cm³/mol. The molecular formula is C16H19N3O2S. The zero-order valence-electron chi connectivity index (χ0n) is 12.7. The number of benzene rings is 1. The Labute approximate surface area is 133 Å². The maximum atomic E-state index is 12.6. The van der Waals surface area contributed by atoms with Crippen LogP contribution >= 0.6 is 11.8 Å². The molecule has 2 aromatic rings. The maximum absolute atomic E-state index is 12.6. The summed E-state index contributed by atoms with van der Waals surface area (Å²) in [7, 11) is 1.79. The Balaban J connectivity index is 1.75. The summed E-state index contributed by atoms with van der Waals surface area (Å²) in [5, 5.41) is 17.5. The Morgan fingerprint density at radius 2 is 2.14 bits per heavy atom. The highest BCUT2D eigenvalue weighted by Crippen LogP contribution is 2.27. The summed E-state index contributed by atoms with van der Waals surface area (Å²) in [6.45, 7) is 1.73. The summed E-state index contributed by atoms with van der Waals surface area (Å²) in [4.78, 5) is 12.6. The van der Waals surface area contributed by atoms with Gasteiger partial charge in [-0.3, -0.25) is 4.79 Å². The number of nitrogens with zero attached hydrogens (tertiary/aromatic N) is 3. The van der Waals surface area contributed by atoms with Crippen molar-refractivity contribution >= 4 is 17.5 Å². The first kappa shape index (κ1) is 15.2. The average Bonchev–Trinajstić information content (AvgIpc) is 3.13. The fraction of sp³-hybridized carbons (Fsp3) is 0.438. The molecule has 1 unspecified atom stereocenters. The summed E-state index contributed by atoms with van der Waals surface area (Å²) >= 11 is 1.37. The van der Waals surface area contributed by atoms with Crippen molar-refractivity contribution < 1.29 is 9.90 Å². The van der Waals surface area contributed by atoms with E-state index in [-0.39, 0.29) is 17.6 Å². The van der Waals surface area contributed by atoms with Crippen LogP contribution in [0.5, 0.6) is 0 Å². The van der Waals surface area contributed by atoms with Crippen molar-refractivity contribution in [1.29, 1.82) is 0 Å². The van der Waals surface area contributed by atoms with Crippen LogP contribution in [-0.4, -0.2) is 30.9 Å². The molecule has 3 rings (SSSR count). The molecule has 1 aliphatic carbocycles. The number of aliphatic hydroxyl groups is 1. The van der Waals surface area contributed by atoms with Crippen molar-refractivity contribution in [3.63, 3.8) is 0 Å². The number of carbonyl (C=O) groups excluding carboxylic acids is 1. The third-order valence-corrected chi connectivity index (χ3v) is 5.23. The Kier molecular flexibility index (Phi) is 4.31. The fourth-order valence-corrected chi connectivity index (χ4v) is 3.67. The molecule has 22 heavy (non-hydrogen) atoms. The number of hydrogen-bond donors (Lipinski definition) is 1. The van der Waals surface area contributed by atoms with E-state index < -0.39 is 0 Å². The predicted octanol–water partition coefficient (Wildman–Crippen LogP) is 2.16. The molecule has 0 amide bonds. The van der Waals surface area contributed by atoms with Gasteiger partial charge in [-0.05, 0) is 43.4 Å². The SMILES string of the molecule is CC(Sc1nnc(CO)n1C)C(=O)c1ccc2c(c1)CCC2. The van der Waals surface area contributed by atoms with Crippen LogP contribution < -0.4 is 0 Å². The van der Waals surface area contributed by atoms with Crippen molar-refractivity contribution in [2.24, 2.45) is 7.05 Å². The standard InChI is InChI=1S/C16H19N3O2S/c1-10(22-16-18-17-14(9-20)19(16)2)15(21)13-7-6-11-4-3-5-12(11)8-13/h6-8,10,20H,3-5,9H2,1-2H3. The number of aryl methyl sites for hydroxylation is 2. The van der Waals surface area contributed by atoms with Crippen LogP contribution in [0.4, 0.5) is 0 Å². The van der Waals surface area contributed by atoms with Crippen LogP contribution in [0.2, 0.25) is 0 Å². The molecule has 0 spiro atoms. The van der Waals surface area contributed by atoms with Gasteiger partial charge in [0.15, 0.2) is 16.8 Å². The monoisotopic (exact) mass is 317 g/mol. The highest BCUT2D eigenvalue weighted by Gasteiger charge is 2.21. The van der Waals surface area contributed by atoms with Gasteiger partial charge in [0, 0.05) is 12.6 Å². The molecule has 5 nitrogen and oxygen atoms in total. The van der Waals surface area contributed by atoms with Gasteiger partial charge in [0.2, 0.25) is 0 Å². The van der Waals surface area contributed by atoms with Crippen LogP contribution in [0.25, 0.3) is 0 Å². The lowest BCUT2D eigenvalue weighted by atomic mass is 10.0. The van der Waals surface area contributed by atoms with Gasteiger partial charge < -0.3 is 9.67 Å². The number of hydrogen-bond acceptors (Lipinski definition) is 5. The van der Waals surface area contributed by atoms with Gasteiger partial charge >= 0.3 is 0 Å². The summed E-state index contributed by atoms with van der Waals surface area (Å²) in [5.74, 6) is 0.605. The van der Waals surface area contributed by atoms with E-state index in [1.165, 1.54) is 29.3 Å². The molecule has 1 atom stereocenters. The highest BCUT2D eigenvalue weighted by atomic mass is 32.2. The van der Waals surface area contributed by atoms with Gasteiger partial charge in [-0.15, -0.1) is 10.2 Å². The Morgan fingerprint density at radius 1 is 1.36 bits per heavy atom. The molecule has 1 aromatic heterocycles. The zero-order valence-corrected chi connectivity index (χ0v) is 13.6. The maximum Gasteiger partial charge on any atom is 0.191 e. The summed E-state index contributed by atoms with van der Waals surface area (Å²) < 4.78 is 1.72. The number of thioether (sulfide) groups is 1. The molecule has 0 saturated heterocycles. The van der Waals surface area contributed by atoms with Crippen molar-refractivity contribution in [3.05, 3.63) is 40.7 Å². The van der Waals surface area contributed by atoms with E-state index in [9.17, 15) is 4.79 Å². The first-order chi connectivity index (χ1) is 10.6. The number of aromatic nitrogens is 3. The lowest BCUT2D eigenvalue weighted by molar-refractivity contribution is 0.0993.